The van der Waals surface area contributed by atoms with Crippen molar-refractivity contribution in [3.8, 4) is 5.75 Å². The molecule has 4 heteroatoms. The van der Waals surface area contributed by atoms with Gasteiger partial charge in [-0.2, -0.15) is 0 Å². The fourth-order valence-electron chi connectivity index (χ4n) is 1.51. The topological polar surface area (TPSA) is 59.1 Å². The maximum Gasteiger partial charge on any atom is 0.130 e. The lowest BCUT2D eigenvalue weighted by Gasteiger charge is -2.08. The van der Waals surface area contributed by atoms with Gasteiger partial charge in [0.15, 0.2) is 0 Å². The van der Waals surface area contributed by atoms with Gasteiger partial charge in [0, 0.05) is 11.1 Å². The van der Waals surface area contributed by atoms with Gasteiger partial charge in [-0.05, 0) is 18.2 Å². The van der Waals surface area contributed by atoms with Gasteiger partial charge >= 0.3 is 0 Å². The van der Waals surface area contributed by atoms with Crippen LogP contribution in [0.15, 0.2) is 48.5 Å². The van der Waals surface area contributed by atoms with Gasteiger partial charge in [-0.25, -0.2) is 4.39 Å². The van der Waals surface area contributed by atoms with Crippen molar-refractivity contribution in [2.45, 2.75) is 6.61 Å². The molecule has 0 spiro atoms. The molecule has 0 amide bonds. The third-order valence-electron chi connectivity index (χ3n) is 2.50. The third kappa shape index (κ3) is 2.85. The number of nitrogen functional groups attached to an aromatic ring is 1. The van der Waals surface area contributed by atoms with Crippen molar-refractivity contribution >= 4 is 5.84 Å². The summed E-state index contributed by atoms with van der Waals surface area (Å²) in [6.07, 6.45) is 0. The van der Waals surface area contributed by atoms with Crippen LogP contribution in [0.25, 0.3) is 0 Å². The first-order valence-electron chi connectivity index (χ1n) is 5.47. The Balaban J connectivity index is 2.08. The molecule has 0 bridgehead atoms. The summed E-state index contributed by atoms with van der Waals surface area (Å²) < 4.78 is 19.1. The van der Waals surface area contributed by atoms with E-state index in [2.05, 4.69) is 0 Å². The molecule has 3 N–H and O–H groups in total. The predicted octanol–water partition coefficient (Wildman–Crippen LogP) is 2.69. The standard InChI is InChI=1S/C14H13FN2O/c15-13-8-10(14(16)17)6-7-11(13)9-18-12-4-2-1-3-5-12/h1-8H,9H2,(H3,16,17). The number of nitrogens with two attached hydrogens (primary N) is 1. The number of para-hydroxylation sites is 1. The van der Waals surface area contributed by atoms with Crippen molar-refractivity contribution in [3.05, 3.63) is 65.5 Å². The Morgan fingerprint density at radius 2 is 1.89 bits per heavy atom. The Kier molecular flexibility index (Phi) is 3.57. The molecule has 0 unspecified atom stereocenters. The predicted molar refractivity (Wildman–Crippen MR) is 68.2 cm³/mol. The number of halogens is 1. The first kappa shape index (κ1) is 12.1. The second kappa shape index (κ2) is 5.31. The molecule has 0 aliphatic heterocycles. The van der Waals surface area contributed by atoms with E-state index in [1.165, 1.54) is 6.07 Å². The largest absolute Gasteiger partial charge is 0.489 e. The highest BCUT2D eigenvalue weighted by Gasteiger charge is 2.06. The Bertz CT molecular complexity index is 555. The molecular formula is C14H13FN2O. The molecule has 0 aliphatic carbocycles. The van der Waals surface area contributed by atoms with Crippen molar-refractivity contribution in [3.63, 3.8) is 0 Å². The van der Waals surface area contributed by atoms with Crippen LogP contribution in [0.1, 0.15) is 11.1 Å². The SMILES string of the molecule is N=C(N)c1ccc(COc2ccccc2)c(F)c1. The quantitative estimate of drug-likeness (QED) is 0.641. The average Bonchev–Trinajstić information content (AvgIpc) is 2.38. The molecule has 3 nitrogen and oxygen atoms in total. The van der Waals surface area contributed by atoms with Gasteiger partial charge in [-0.3, -0.25) is 5.41 Å². The van der Waals surface area contributed by atoms with Crippen LogP contribution in [0.3, 0.4) is 0 Å². The van der Waals surface area contributed by atoms with Crippen LogP contribution in [0, 0.1) is 11.2 Å². The van der Waals surface area contributed by atoms with Crippen molar-refractivity contribution in [2.75, 3.05) is 0 Å². The molecule has 0 aromatic heterocycles. The van der Waals surface area contributed by atoms with Crippen molar-refractivity contribution in [1.82, 2.24) is 0 Å². The highest BCUT2D eigenvalue weighted by molar-refractivity contribution is 5.94. The minimum absolute atomic E-state index is 0.147. The summed E-state index contributed by atoms with van der Waals surface area (Å²) in [5.74, 6) is 0.121. The van der Waals surface area contributed by atoms with E-state index in [1.807, 2.05) is 30.3 Å². The van der Waals surface area contributed by atoms with E-state index in [1.54, 1.807) is 12.1 Å². The second-order valence-electron chi connectivity index (χ2n) is 3.82. The van der Waals surface area contributed by atoms with Crippen LogP contribution >= 0.6 is 0 Å². The number of ether oxygens (including phenoxy) is 1. The van der Waals surface area contributed by atoms with E-state index in [-0.39, 0.29) is 12.4 Å². The molecule has 0 saturated carbocycles. The van der Waals surface area contributed by atoms with E-state index >= 15 is 0 Å². The Morgan fingerprint density at radius 1 is 1.17 bits per heavy atom. The van der Waals surface area contributed by atoms with E-state index in [4.69, 9.17) is 15.9 Å². The summed E-state index contributed by atoms with van der Waals surface area (Å²) in [7, 11) is 0. The monoisotopic (exact) mass is 244 g/mol. The highest BCUT2D eigenvalue weighted by Crippen LogP contribution is 2.15. The molecule has 92 valence electrons. The van der Waals surface area contributed by atoms with Crippen LogP contribution in [0.5, 0.6) is 5.75 Å². The lowest BCUT2D eigenvalue weighted by atomic mass is 10.1. The number of benzene rings is 2. The number of amidine groups is 1. The lowest BCUT2D eigenvalue weighted by Crippen LogP contribution is -2.12. The molecule has 0 saturated heterocycles. The van der Waals surface area contributed by atoms with E-state index < -0.39 is 5.82 Å². The molecule has 18 heavy (non-hydrogen) atoms. The first-order chi connectivity index (χ1) is 8.66. The van der Waals surface area contributed by atoms with Gasteiger partial charge in [-0.1, -0.05) is 30.3 Å². The fraction of sp³-hybridized carbons (Fsp3) is 0.0714. The van der Waals surface area contributed by atoms with Crippen LogP contribution in [-0.2, 0) is 6.61 Å². The third-order valence-corrected chi connectivity index (χ3v) is 2.50. The summed E-state index contributed by atoms with van der Waals surface area (Å²) >= 11 is 0. The minimum Gasteiger partial charge on any atom is -0.489 e. The molecule has 2 aromatic rings. The number of hydrogen-bond acceptors (Lipinski definition) is 2. The fourth-order valence-corrected chi connectivity index (χ4v) is 1.51. The van der Waals surface area contributed by atoms with Gasteiger partial charge in [0.1, 0.15) is 24.0 Å². The number of rotatable bonds is 4. The van der Waals surface area contributed by atoms with Gasteiger partial charge in [-0.15, -0.1) is 0 Å². The Morgan fingerprint density at radius 3 is 2.50 bits per heavy atom. The molecule has 2 rings (SSSR count). The molecule has 0 fully saturated rings. The second-order valence-corrected chi connectivity index (χ2v) is 3.82. The van der Waals surface area contributed by atoms with Gasteiger partial charge in [0.2, 0.25) is 0 Å². The van der Waals surface area contributed by atoms with E-state index in [0.29, 0.717) is 16.9 Å². The van der Waals surface area contributed by atoms with Crippen LogP contribution < -0.4 is 10.5 Å². The van der Waals surface area contributed by atoms with Crippen molar-refractivity contribution in [2.24, 2.45) is 5.73 Å². The zero-order valence-corrected chi connectivity index (χ0v) is 9.69. The summed E-state index contributed by atoms with van der Waals surface area (Å²) in [5, 5.41) is 7.22. The zero-order valence-electron chi connectivity index (χ0n) is 9.69. The lowest BCUT2D eigenvalue weighted by molar-refractivity contribution is 0.300. The molecule has 0 aliphatic rings. The van der Waals surface area contributed by atoms with E-state index in [0.717, 1.165) is 0 Å². The molecule has 0 atom stereocenters. The Labute approximate surface area is 105 Å². The molecule has 2 aromatic carbocycles. The van der Waals surface area contributed by atoms with Gasteiger partial charge < -0.3 is 10.5 Å². The minimum atomic E-state index is -0.418. The van der Waals surface area contributed by atoms with E-state index in [9.17, 15) is 4.39 Å². The summed E-state index contributed by atoms with van der Waals surface area (Å²) in [6.45, 7) is 0.147. The normalized spacial score (nSPS) is 10.1. The molecular weight excluding hydrogens is 231 g/mol. The number of hydrogen-bond donors (Lipinski definition) is 2. The van der Waals surface area contributed by atoms with Gasteiger partial charge in [0.05, 0.1) is 0 Å². The highest BCUT2D eigenvalue weighted by atomic mass is 19.1. The maximum atomic E-state index is 13.7. The number of nitrogens with one attached hydrogen (secondary N) is 1. The van der Waals surface area contributed by atoms with Crippen LogP contribution in [-0.4, -0.2) is 5.84 Å². The summed E-state index contributed by atoms with van der Waals surface area (Å²) in [4.78, 5) is 0. The summed E-state index contributed by atoms with van der Waals surface area (Å²) in [5.41, 5.74) is 6.09. The summed E-state index contributed by atoms with van der Waals surface area (Å²) in [6, 6.07) is 13.6. The Hall–Kier alpha value is -2.36. The van der Waals surface area contributed by atoms with Crippen molar-refractivity contribution in [1.29, 1.82) is 5.41 Å². The van der Waals surface area contributed by atoms with Crippen molar-refractivity contribution < 1.29 is 9.13 Å². The smallest absolute Gasteiger partial charge is 0.130 e. The average molecular weight is 244 g/mol. The molecule has 0 heterocycles. The first-order valence-corrected chi connectivity index (χ1v) is 5.47. The molecule has 0 radical (unpaired) electrons. The zero-order chi connectivity index (χ0) is 13.0. The van der Waals surface area contributed by atoms with Crippen LogP contribution in [0.2, 0.25) is 0 Å². The van der Waals surface area contributed by atoms with Gasteiger partial charge in [0.25, 0.3) is 0 Å². The maximum absolute atomic E-state index is 13.7. The van der Waals surface area contributed by atoms with Crippen LogP contribution in [0.4, 0.5) is 4.39 Å².